The van der Waals surface area contributed by atoms with Crippen LogP contribution in [0.15, 0.2) is 164 Å². The molecule has 0 N–H and O–H groups in total. The topological polar surface area (TPSA) is 57.8 Å². The maximum atomic E-state index is 7.08. The lowest BCUT2D eigenvalue weighted by Crippen LogP contribution is -2.32. The van der Waals surface area contributed by atoms with Crippen molar-refractivity contribution < 1.29 is 4.74 Å². The fourth-order valence-corrected chi connectivity index (χ4v) is 9.18. The minimum absolute atomic E-state index is 0.752. The van der Waals surface area contributed by atoms with Gasteiger partial charge in [0.15, 0.2) is 5.75 Å². The van der Waals surface area contributed by atoms with Crippen LogP contribution in [-0.2, 0) is 5.41 Å². The van der Waals surface area contributed by atoms with Crippen LogP contribution in [0.3, 0.4) is 0 Å². The van der Waals surface area contributed by atoms with Gasteiger partial charge < -0.3 is 13.9 Å². The van der Waals surface area contributed by atoms with Crippen molar-refractivity contribution in [1.29, 1.82) is 0 Å². The first kappa shape index (κ1) is 27.7. The highest BCUT2D eigenvalue weighted by atomic mass is 16.5. The number of aromatic nitrogens is 5. The Hall–Kier alpha value is -7.05. The Labute approximate surface area is 297 Å². The van der Waals surface area contributed by atoms with Crippen molar-refractivity contribution in [3.63, 3.8) is 0 Å². The molecule has 6 heterocycles. The Morgan fingerprint density at radius 3 is 1.88 bits per heavy atom. The second kappa shape index (κ2) is 10.0. The van der Waals surface area contributed by atoms with Gasteiger partial charge in [-0.2, -0.15) is 0 Å². The summed E-state index contributed by atoms with van der Waals surface area (Å²) >= 11 is 0. The molecule has 52 heavy (non-hydrogen) atoms. The normalized spacial score (nSPS) is 15.5. The number of ether oxygens (including phenoxy) is 1. The van der Waals surface area contributed by atoms with Gasteiger partial charge in [-0.3, -0.25) is 15.0 Å². The molecule has 0 saturated carbocycles. The van der Waals surface area contributed by atoms with Gasteiger partial charge in [0.25, 0.3) is 0 Å². The van der Waals surface area contributed by atoms with Gasteiger partial charge in [0, 0.05) is 50.6 Å². The molecule has 1 aliphatic heterocycles. The van der Waals surface area contributed by atoms with Crippen LogP contribution in [-0.4, -0.2) is 24.1 Å². The third-order valence-electron chi connectivity index (χ3n) is 11.2. The number of hydrogen-bond donors (Lipinski definition) is 0. The van der Waals surface area contributed by atoms with Crippen molar-refractivity contribution in [1.82, 2.24) is 24.1 Å². The monoisotopic (exact) mass is 665 g/mol. The molecule has 2 aliphatic rings. The van der Waals surface area contributed by atoms with Gasteiger partial charge in [0.05, 0.1) is 62.6 Å². The number of rotatable bonds is 2. The summed E-state index contributed by atoms with van der Waals surface area (Å²) < 4.78 is 11.7. The predicted molar refractivity (Wildman–Crippen MR) is 206 cm³/mol. The molecule has 242 valence electrons. The molecule has 5 aromatic heterocycles. The third-order valence-corrected chi connectivity index (χ3v) is 11.2. The molecule has 0 amide bonds. The van der Waals surface area contributed by atoms with Crippen LogP contribution in [0.25, 0.3) is 66.4 Å². The van der Waals surface area contributed by atoms with E-state index in [0.29, 0.717) is 0 Å². The zero-order valence-electron chi connectivity index (χ0n) is 27.7. The predicted octanol–water partition coefficient (Wildman–Crippen LogP) is 10.5. The molecule has 10 aromatic rings. The minimum Gasteiger partial charge on any atom is -0.454 e. The first-order chi connectivity index (χ1) is 25.8. The van der Waals surface area contributed by atoms with Crippen LogP contribution in [0.5, 0.6) is 11.5 Å². The molecule has 1 unspecified atom stereocenters. The van der Waals surface area contributed by atoms with Gasteiger partial charge in [-0.15, -0.1) is 0 Å². The standard InChI is InChI=1S/C46H27N5O/c1-5-17-37-29(11-1)30-12-2-6-18-38(30)50(37)28-25-36-44(49-26-28)43-34(16-10-23-48-43)46(36)33-14-4-8-21-42(33)52-45-35(46)15-9-20-40(45)51-39-19-7-3-13-31(39)32-22-24-47-27-41(32)51/h1-27H. The van der Waals surface area contributed by atoms with Gasteiger partial charge in [0.1, 0.15) is 5.75 Å². The molecule has 0 radical (unpaired) electrons. The van der Waals surface area contributed by atoms with E-state index < -0.39 is 5.41 Å². The molecular weight excluding hydrogens is 639 g/mol. The van der Waals surface area contributed by atoms with Gasteiger partial charge >= 0.3 is 0 Å². The molecule has 1 atom stereocenters. The summed E-state index contributed by atoms with van der Waals surface area (Å²) in [5, 5.41) is 4.75. The van der Waals surface area contributed by atoms with Crippen molar-refractivity contribution in [3.8, 4) is 34.3 Å². The van der Waals surface area contributed by atoms with E-state index in [2.05, 4.69) is 148 Å². The van der Waals surface area contributed by atoms with Gasteiger partial charge in [-0.25, -0.2) is 0 Å². The number of para-hydroxylation sites is 5. The van der Waals surface area contributed by atoms with E-state index in [9.17, 15) is 0 Å². The molecule has 6 nitrogen and oxygen atoms in total. The van der Waals surface area contributed by atoms with Crippen molar-refractivity contribution in [2.24, 2.45) is 0 Å². The summed E-state index contributed by atoms with van der Waals surface area (Å²) in [5.41, 5.74) is 11.7. The number of hydrogen-bond acceptors (Lipinski definition) is 4. The van der Waals surface area contributed by atoms with Crippen LogP contribution < -0.4 is 4.74 Å². The summed E-state index contributed by atoms with van der Waals surface area (Å²) in [6.07, 6.45) is 7.69. The van der Waals surface area contributed by atoms with E-state index in [1.165, 1.54) is 16.2 Å². The number of fused-ring (bicyclic) bond motifs is 15. The van der Waals surface area contributed by atoms with Crippen molar-refractivity contribution >= 4 is 43.6 Å². The first-order valence-electron chi connectivity index (χ1n) is 17.5. The van der Waals surface area contributed by atoms with Crippen LogP contribution >= 0.6 is 0 Å². The van der Waals surface area contributed by atoms with E-state index in [0.717, 1.165) is 84.0 Å². The highest BCUT2D eigenvalue weighted by Gasteiger charge is 2.53. The lowest BCUT2D eigenvalue weighted by atomic mass is 9.66. The molecular formula is C46H27N5O. The van der Waals surface area contributed by atoms with Gasteiger partial charge in [0.2, 0.25) is 0 Å². The highest BCUT2D eigenvalue weighted by molar-refractivity contribution is 6.10. The summed E-state index contributed by atoms with van der Waals surface area (Å²) in [5.74, 6) is 1.61. The molecule has 1 spiro atoms. The largest absolute Gasteiger partial charge is 0.454 e. The minimum atomic E-state index is -0.752. The van der Waals surface area contributed by atoms with E-state index in [1.807, 2.05) is 30.9 Å². The lowest BCUT2D eigenvalue weighted by molar-refractivity contribution is 0.434. The van der Waals surface area contributed by atoms with E-state index in [-0.39, 0.29) is 0 Å². The van der Waals surface area contributed by atoms with E-state index in [4.69, 9.17) is 14.7 Å². The van der Waals surface area contributed by atoms with Crippen molar-refractivity contribution in [2.75, 3.05) is 0 Å². The van der Waals surface area contributed by atoms with Crippen LogP contribution in [0, 0.1) is 0 Å². The zero-order valence-corrected chi connectivity index (χ0v) is 27.7. The van der Waals surface area contributed by atoms with Crippen LogP contribution in [0.4, 0.5) is 0 Å². The quantitative estimate of drug-likeness (QED) is 0.184. The summed E-state index contributed by atoms with van der Waals surface area (Å²) in [4.78, 5) is 14.9. The maximum Gasteiger partial charge on any atom is 0.156 e. The SMILES string of the molecule is c1ccc2c(c1)Oc1c(-n3c4ccccc4c4ccncc43)cccc1C21c2cccnc2-c2ncc(-n3c4ccccc4c4ccccc43)cc21. The summed E-state index contributed by atoms with van der Waals surface area (Å²) in [6.45, 7) is 0. The molecule has 1 aliphatic carbocycles. The van der Waals surface area contributed by atoms with Crippen molar-refractivity contribution in [3.05, 3.63) is 187 Å². The number of pyridine rings is 3. The Bertz CT molecular complexity index is 3030. The highest BCUT2D eigenvalue weighted by Crippen LogP contribution is 2.62. The first-order valence-corrected chi connectivity index (χ1v) is 17.5. The molecule has 0 fully saturated rings. The summed E-state index contributed by atoms with van der Waals surface area (Å²) in [6, 6.07) is 49.4. The lowest BCUT2D eigenvalue weighted by Gasteiger charge is -2.39. The fourth-order valence-electron chi connectivity index (χ4n) is 9.18. The van der Waals surface area contributed by atoms with Gasteiger partial charge in [-0.05, 0) is 54.1 Å². The zero-order chi connectivity index (χ0) is 34.0. The fraction of sp³-hybridized carbons (Fsp3) is 0.0217. The van der Waals surface area contributed by atoms with Crippen molar-refractivity contribution in [2.45, 2.75) is 5.41 Å². The van der Waals surface area contributed by atoms with E-state index in [1.54, 1.807) is 0 Å². The van der Waals surface area contributed by atoms with E-state index >= 15 is 0 Å². The molecule has 12 rings (SSSR count). The molecule has 6 heteroatoms. The second-order valence-corrected chi connectivity index (χ2v) is 13.6. The second-order valence-electron chi connectivity index (χ2n) is 13.6. The average molecular weight is 666 g/mol. The molecule has 5 aromatic carbocycles. The Morgan fingerprint density at radius 1 is 0.462 bits per heavy atom. The average Bonchev–Trinajstić information content (AvgIpc) is 3.82. The van der Waals surface area contributed by atoms with Gasteiger partial charge in [-0.1, -0.05) is 91.0 Å². The Balaban J connectivity index is 1.21. The summed E-state index contributed by atoms with van der Waals surface area (Å²) in [7, 11) is 0. The molecule has 0 bridgehead atoms. The number of nitrogens with zero attached hydrogens (tertiary/aromatic N) is 5. The van der Waals surface area contributed by atoms with Crippen LogP contribution in [0.2, 0.25) is 0 Å². The van der Waals surface area contributed by atoms with Crippen LogP contribution in [0.1, 0.15) is 22.3 Å². The smallest absolute Gasteiger partial charge is 0.156 e. The third kappa shape index (κ3) is 3.36. The number of benzene rings is 5. The maximum absolute atomic E-state index is 7.08. The molecule has 0 saturated heterocycles. The Morgan fingerprint density at radius 2 is 1.10 bits per heavy atom. The Kier molecular flexibility index (Phi) is 5.34.